The van der Waals surface area contributed by atoms with Crippen molar-refractivity contribution in [1.29, 1.82) is 0 Å². The summed E-state index contributed by atoms with van der Waals surface area (Å²) in [5.41, 5.74) is 0.749. The number of hydrogen-bond acceptors (Lipinski definition) is 1. The molecule has 0 saturated carbocycles. The van der Waals surface area contributed by atoms with Crippen LogP contribution in [-0.2, 0) is 4.79 Å². The van der Waals surface area contributed by atoms with E-state index in [0.29, 0.717) is 0 Å². The molecule has 0 N–H and O–H groups in total. The average molecular weight is 346 g/mol. The first-order chi connectivity index (χ1) is 12.2. The van der Waals surface area contributed by atoms with Gasteiger partial charge in [0.2, 0.25) is 0 Å². The SMILES string of the molecule is C=P(C1=CC=CC(=C=O)C1CCC)(c1ccccc1)c1ccccc1. The van der Waals surface area contributed by atoms with Crippen molar-refractivity contribution in [1.82, 2.24) is 0 Å². The van der Waals surface area contributed by atoms with Gasteiger partial charge in [0.05, 0.1) is 0 Å². The molecule has 1 atom stereocenters. The molecule has 126 valence electrons. The zero-order valence-electron chi connectivity index (χ0n) is 14.6. The molecule has 0 fully saturated rings. The fourth-order valence-corrected chi connectivity index (χ4v) is 6.94. The van der Waals surface area contributed by atoms with Crippen LogP contribution in [0.3, 0.4) is 0 Å². The molecule has 2 aromatic carbocycles. The van der Waals surface area contributed by atoms with Crippen LogP contribution in [0.25, 0.3) is 0 Å². The van der Waals surface area contributed by atoms with Crippen molar-refractivity contribution in [2.24, 2.45) is 5.92 Å². The topological polar surface area (TPSA) is 17.1 Å². The summed E-state index contributed by atoms with van der Waals surface area (Å²) in [4.78, 5) is 11.5. The van der Waals surface area contributed by atoms with Crippen LogP contribution in [0.5, 0.6) is 0 Å². The standard InChI is InChI=1S/C23H23OP/c1-3-11-22-19(18-24)12-10-17-23(22)25(2,20-13-6-4-7-14-20)21-15-8-5-9-16-21/h4-10,12-17,22H,2-3,11H2,1H3. The summed E-state index contributed by atoms with van der Waals surface area (Å²) >= 11 is 0. The van der Waals surface area contributed by atoms with E-state index in [1.54, 1.807) is 0 Å². The van der Waals surface area contributed by atoms with Gasteiger partial charge in [0, 0.05) is 11.5 Å². The third-order valence-electron chi connectivity index (χ3n) is 4.81. The maximum atomic E-state index is 11.5. The predicted octanol–water partition coefficient (Wildman–Crippen LogP) is 4.72. The number of benzene rings is 2. The summed E-state index contributed by atoms with van der Waals surface area (Å²) in [5.74, 6) is 2.27. The molecule has 0 aliphatic heterocycles. The molecule has 0 spiro atoms. The maximum Gasteiger partial charge on any atom is 0.128 e. The molecule has 3 rings (SSSR count). The third kappa shape index (κ3) is 3.27. The highest BCUT2D eigenvalue weighted by atomic mass is 31.2. The third-order valence-corrected chi connectivity index (χ3v) is 8.51. The molecule has 2 heteroatoms. The van der Waals surface area contributed by atoms with Crippen molar-refractivity contribution < 1.29 is 4.79 Å². The molecule has 1 aliphatic carbocycles. The Bertz CT molecular complexity index is 841. The van der Waals surface area contributed by atoms with Gasteiger partial charge in [-0.2, -0.15) is 0 Å². The van der Waals surface area contributed by atoms with E-state index in [1.807, 2.05) is 24.3 Å². The van der Waals surface area contributed by atoms with Crippen molar-refractivity contribution in [3.05, 3.63) is 89.8 Å². The molecule has 1 unspecified atom stereocenters. The van der Waals surface area contributed by atoms with Crippen molar-refractivity contribution in [2.45, 2.75) is 19.8 Å². The van der Waals surface area contributed by atoms with Crippen LogP contribution >= 0.6 is 6.89 Å². The van der Waals surface area contributed by atoms with Crippen LogP contribution < -0.4 is 10.6 Å². The van der Waals surface area contributed by atoms with Crippen LogP contribution in [0.4, 0.5) is 0 Å². The maximum absolute atomic E-state index is 11.5. The Morgan fingerprint density at radius 2 is 1.56 bits per heavy atom. The molecule has 0 heterocycles. The zero-order chi connectivity index (χ0) is 17.7. The Kier molecular flexibility index (Phi) is 5.39. The Labute approximate surface area is 150 Å². The highest BCUT2D eigenvalue weighted by Gasteiger charge is 2.32. The van der Waals surface area contributed by atoms with Crippen LogP contribution in [0.1, 0.15) is 19.8 Å². The van der Waals surface area contributed by atoms with Gasteiger partial charge < -0.3 is 0 Å². The van der Waals surface area contributed by atoms with Crippen molar-refractivity contribution >= 4 is 29.7 Å². The Balaban J connectivity index is 2.25. The second kappa shape index (κ2) is 7.70. The van der Waals surface area contributed by atoms with Crippen molar-refractivity contribution in [3.8, 4) is 0 Å². The highest BCUT2D eigenvalue weighted by molar-refractivity contribution is 7.90. The minimum Gasteiger partial charge on any atom is -0.233 e. The lowest BCUT2D eigenvalue weighted by atomic mass is 9.91. The van der Waals surface area contributed by atoms with Crippen LogP contribution in [0, 0.1) is 5.92 Å². The van der Waals surface area contributed by atoms with E-state index in [0.717, 1.165) is 18.4 Å². The highest BCUT2D eigenvalue weighted by Crippen LogP contribution is 2.57. The molecule has 25 heavy (non-hydrogen) atoms. The van der Waals surface area contributed by atoms with Crippen LogP contribution in [0.15, 0.2) is 89.8 Å². The van der Waals surface area contributed by atoms with Gasteiger partial charge in [0.15, 0.2) is 0 Å². The summed E-state index contributed by atoms with van der Waals surface area (Å²) < 4.78 is 0. The van der Waals surface area contributed by atoms with Crippen molar-refractivity contribution in [2.75, 3.05) is 0 Å². The molecule has 1 nitrogen and oxygen atoms in total. The molecule has 0 radical (unpaired) electrons. The number of carbonyl (C=O) groups excluding carboxylic acids is 1. The summed E-state index contributed by atoms with van der Waals surface area (Å²) in [5, 5.41) is 3.76. The van der Waals surface area contributed by atoms with Gasteiger partial charge in [0.25, 0.3) is 0 Å². The number of allylic oxidation sites excluding steroid dienone is 5. The van der Waals surface area contributed by atoms with Gasteiger partial charge in [-0.05, 0) is 35.3 Å². The van der Waals surface area contributed by atoms with Gasteiger partial charge in [-0.3, -0.25) is 0 Å². The smallest absolute Gasteiger partial charge is 0.128 e. The molecular weight excluding hydrogens is 323 g/mol. The normalized spacial score (nSPS) is 17.1. The first-order valence-corrected chi connectivity index (χ1v) is 10.7. The lowest BCUT2D eigenvalue weighted by molar-refractivity contribution is 0.561. The summed E-state index contributed by atoms with van der Waals surface area (Å²) in [6.45, 7) is 0.134. The lowest BCUT2D eigenvalue weighted by Crippen LogP contribution is -2.23. The van der Waals surface area contributed by atoms with E-state index in [1.165, 1.54) is 15.9 Å². The molecule has 0 bridgehead atoms. The fraction of sp³-hybridized carbons (Fsp3) is 0.174. The lowest BCUT2D eigenvalue weighted by Gasteiger charge is -2.35. The summed E-state index contributed by atoms with van der Waals surface area (Å²) in [6, 6.07) is 21.0. The van der Waals surface area contributed by atoms with E-state index in [9.17, 15) is 4.79 Å². The Morgan fingerprint density at radius 1 is 1.00 bits per heavy atom. The molecular formula is C23H23OP. The largest absolute Gasteiger partial charge is 0.233 e. The quantitative estimate of drug-likeness (QED) is 0.566. The Hall–Kier alpha value is -2.33. The number of hydrogen-bond donors (Lipinski definition) is 0. The summed E-state index contributed by atoms with van der Waals surface area (Å²) in [6.07, 6.45) is 12.8. The van der Waals surface area contributed by atoms with Gasteiger partial charge in [0.1, 0.15) is 5.94 Å². The average Bonchev–Trinajstić information content (AvgIpc) is 2.69. The molecule has 0 saturated heterocycles. The van der Waals surface area contributed by atoms with Gasteiger partial charge in [-0.1, -0.05) is 92.5 Å². The number of rotatable bonds is 5. The Morgan fingerprint density at radius 3 is 2.04 bits per heavy atom. The molecule has 2 aromatic rings. The van der Waals surface area contributed by atoms with E-state index in [-0.39, 0.29) is 5.92 Å². The first-order valence-electron chi connectivity index (χ1n) is 8.70. The minimum absolute atomic E-state index is 0.0961. The van der Waals surface area contributed by atoms with E-state index in [4.69, 9.17) is 6.30 Å². The monoisotopic (exact) mass is 346 g/mol. The van der Waals surface area contributed by atoms with Crippen LogP contribution in [-0.4, -0.2) is 12.2 Å². The predicted molar refractivity (Wildman–Crippen MR) is 111 cm³/mol. The van der Waals surface area contributed by atoms with Gasteiger partial charge >= 0.3 is 0 Å². The second-order valence-corrected chi connectivity index (χ2v) is 9.50. The van der Waals surface area contributed by atoms with Gasteiger partial charge in [-0.25, -0.2) is 4.79 Å². The first kappa shape index (κ1) is 17.5. The summed E-state index contributed by atoms with van der Waals surface area (Å²) in [7, 11) is 0. The molecule has 1 aliphatic rings. The van der Waals surface area contributed by atoms with Crippen LogP contribution in [0.2, 0.25) is 0 Å². The van der Waals surface area contributed by atoms with Crippen molar-refractivity contribution in [3.63, 3.8) is 0 Å². The van der Waals surface area contributed by atoms with Gasteiger partial charge in [-0.15, -0.1) is 0 Å². The van der Waals surface area contributed by atoms with E-state index >= 15 is 0 Å². The minimum atomic E-state index is -2.03. The molecule has 0 amide bonds. The zero-order valence-corrected chi connectivity index (χ0v) is 15.5. The molecule has 0 aromatic heterocycles. The fourth-order valence-electron chi connectivity index (χ4n) is 3.54. The second-order valence-electron chi connectivity index (χ2n) is 6.33. The van der Waals surface area contributed by atoms with E-state index in [2.05, 4.69) is 67.5 Å². The van der Waals surface area contributed by atoms with E-state index < -0.39 is 6.89 Å².